The van der Waals surface area contributed by atoms with Gasteiger partial charge in [0, 0.05) is 29.8 Å². The lowest BCUT2D eigenvalue weighted by atomic mass is 10.2. The summed E-state index contributed by atoms with van der Waals surface area (Å²) in [6.07, 6.45) is 0.933. The summed E-state index contributed by atoms with van der Waals surface area (Å²) in [7, 11) is 0. The molecule has 2 aromatic carbocycles. The highest BCUT2D eigenvalue weighted by atomic mass is 35.5. The fraction of sp³-hybridized carbons (Fsp3) is 0.111. The Hall–Kier alpha value is -3.39. The highest BCUT2D eigenvalue weighted by Crippen LogP contribution is 2.23. The lowest BCUT2D eigenvalue weighted by Crippen LogP contribution is -2.27. The van der Waals surface area contributed by atoms with Gasteiger partial charge in [0.15, 0.2) is 0 Å². The van der Waals surface area contributed by atoms with E-state index in [4.69, 9.17) is 11.1 Å². The minimum atomic E-state index is -0.235. The zero-order valence-electron chi connectivity index (χ0n) is 14.3. The van der Waals surface area contributed by atoms with Gasteiger partial charge in [-0.2, -0.15) is 0 Å². The SMILES string of the molecule is Cl.N=C(N)CCNC(=O)c1ccc2nc(-c3cccc(NC=O)c3)[nH]c2c1. The predicted molar refractivity (Wildman–Crippen MR) is 107 cm³/mol. The minimum absolute atomic E-state index is 0. The van der Waals surface area contributed by atoms with Crippen LogP contribution in [0, 0.1) is 5.41 Å². The monoisotopic (exact) mass is 386 g/mol. The average molecular weight is 387 g/mol. The number of aromatic nitrogens is 2. The molecule has 0 atom stereocenters. The molecule has 0 bridgehead atoms. The van der Waals surface area contributed by atoms with Gasteiger partial charge in [0.05, 0.1) is 16.9 Å². The van der Waals surface area contributed by atoms with Gasteiger partial charge >= 0.3 is 0 Å². The van der Waals surface area contributed by atoms with Crippen LogP contribution in [0.2, 0.25) is 0 Å². The van der Waals surface area contributed by atoms with Gasteiger partial charge < -0.3 is 21.4 Å². The number of nitrogens with two attached hydrogens (primary N) is 1. The number of carbonyl (C=O) groups excluding carboxylic acids is 2. The Labute approximate surface area is 161 Å². The van der Waals surface area contributed by atoms with Gasteiger partial charge in [0.25, 0.3) is 5.91 Å². The number of anilines is 1. The van der Waals surface area contributed by atoms with Gasteiger partial charge in [0.2, 0.25) is 6.41 Å². The third-order valence-electron chi connectivity index (χ3n) is 3.79. The predicted octanol–water partition coefficient (Wildman–Crippen LogP) is 2.28. The van der Waals surface area contributed by atoms with Crippen molar-refractivity contribution in [2.24, 2.45) is 5.73 Å². The smallest absolute Gasteiger partial charge is 0.251 e. The molecule has 0 fully saturated rings. The number of aromatic amines is 1. The molecule has 27 heavy (non-hydrogen) atoms. The molecule has 0 spiro atoms. The third kappa shape index (κ3) is 4.83. The molecule has 0 aliphatic rings. The zero-order valence-corrected chi connectivity index (χ0v) is 15.1. The van der Waals surface area contributed by atoms with Crippen LogP contribution in [0.3, 0.4) is 0 Å². The summed E-state index contributed by atoms with van der Waals surface area (Å²) in [5, 5.41) is 12.5. The fourth-order valence-corrected chi connectivity index (χ4v) is 2.52. The molecule has 0 unspecified atom stereocenters. The zero-order chi connectivity index (χ0) is 18.5. The third-order valence-corrected chi connectivity index (χ3v) is 3.79. The van der Waals surface area contributed by atoms with Crippen molar-refractivity contribution < 1.29 is 9.59 Å². The van der Waals surface area contributed by atoms with Crippen molar-refractivity contribution in [3.8, 4) is 11.4 Å². The number of hydrogen-bond acceptors (Lipinski definition) is 4. The maximum absolute atomic E-state index is 12.2. The number of rotatable bonds is 7. The summed E-state index contributed by atoms with van der Waals surface area (Å²) in [5.74, 6) is 0.440. The first-order chi connectivity index (χ1) is 12.6. The summed E-state index contributed by atoms with van der Waals surface area (Å²) >= 11 is 0. The molecular formula is C18H19ClN6O2. The Bertz CT molecular complexity index is 985. The van der Waals surface area contributed by atoms with E-state index < -0.39 is 0 Å². The Morgan fingerprint density at radius 1 is 1.26 bits per heavy atom. The molecule has 2 amide bonds. The Morgan fingerprint density at radius 3 is 2.81 bits per heavy atom. The Morgan fingerprint density at radius 2 is 2.07 bits per heavy atom. The number of amidine groups is 1. The van der Waals surface area contributed by atoms with Crippen LogP contribution in [0.1, 0.15) is 16.8 Å². The molecule has 0 aliphatic carbocycles. The van der Waals surface area contributed by atoms with Crippen LogP contribution >= 0.6 is 12.4 Å². The van der Waals surface area contributed by atoms with Crippen molar-refractivity contribution in [3.63, 3.8) is 0 Å². The first-order valence-electron chi connectivity index (χ1n) is 7.98. The second kappa shape index (κ2) is 8.81. The largest absolute Gasteiger partial charge is 0.388 e. The van der Waals surface area contributed by atoms with E-state index in [-0.39, 0.29) is 24.1 Å². The molecule has 3 aromatic rings. The first-order valence-corrected chi connectivity index (χ1v) is 7.98. The number of carbonyl (C=O) groups is 2. The molecule has 6 N–H and O–H groups in total. The fourth-order valence-electron chi connectivity index (χ4n) is 2.52. The van der Waals surface area contributed by atoms with Crippen LogP contribution in [-0.4, -0.2) is 34.7 Å². The van der Waals surface area contributed by atoms with E-state index in [1.807, 2.05) is 18.2 Å². The molecule has 1 heterocycles. The van der Waals surface area contributed by atoms with Crippen LogP contribution < -0.4 is 16.4 Å². The van der Waals surface area contributed by atoms with E-state index in [0.29, 0.717) is 36.5 Å². The quantitative estimate of drug-likeness (QED) is 0.241. The lowest BCUT2D eigenvalue weighted by molar-refractivity contribution is -0.105. The van der Waals surface area contributed by atoms with Crippen molar-refractivity contribution in [2.45, 2.75) is 6.42 Å². The summed E-state index contributed by atoms with van der Waals surface area (Å²) in [4.78, 5) is 30.5. The second-order valence-corrected chi connectivity index (χ2v) is 5.69. The average Bonchev–Trinajstić information content (AvgIpc) is 3.05. The number of benzene rings is 2. The molecule has 140 valence electrons. The van der Waals surface area contributed by atoms with E-state index in [1.165, 1.54) is 0 Å². The van der Waals surface area contributed by atoms with Crippen LogP contribution in [0.5, 0.6) is 0 Å². The number of nitrogens with zero attached hydrogens (tertiary/aromatic N) is 1. The standard InChI is InChI=1S/C18H18N6O2.ClH/c19-16(20)6-7-21-18(26)12-4-5-14-15(9-12)24-17(23-14)11-2-1-3-13(8-11)22-10-25;/h1-5,8-10H,6-7H2,(H3,19,20)(H,21,26)(H,22,25)(H,23,24);1H. The van der Waals surface area contributed by atoms with E-state index in [0.717, 1.165) is 16.6 Å². The van der Waals surface area contributed by atoms with Crippen LogP contribution in [-0.2, 0) is 4.79 Å². The van der Waals surface area contributed by atoms with Gasteiger partial charge in [-0.25, -0.2) is 4.98 Å². The first kappa shape index (κ1) is 19.9. The molecule has 0 aliphatic heterocycles. The van der Waals surface area contributed by atoms with Crippen molar-refractivity contribution in [3.05, 3.63) is 48.0 Å². The normalized spacial score (nSPS) is 10.1. The van der Waals surface area contributed by atoms with Gasteiger partial charge in [-0.1, -0.05) is 12.1 Å². The van der Waals surface area contributed by atoms with Crippen molar-refractivity contribution in [1.29, 1.82) is 5.41 Å². The van der Waals surface area contributed by atoms with Crippen molar-refractivity contribution in [2.75, 3.05) is 11.9 Å². The van der Waals surface area contributed by atoms with Gasteiger partial charge in [-0.15, -0.1) is 12.4 Å². The van der Waals surface area contributed by atoms with Crippen LogP contribution in [0.4, 0.5) is 5.69 Å². The number of halogens is 1. The van der Waals surface area contributed by atoms with E-state index in [1.54, 1.807) is 24.3 Å². The molecule has 3 rings (SSSR count). The summed E-state index contributed by atoms with van der Waals surface area (Å²) in [5.41, 5.74) is 8.72. The summed E-state index contributed by atoms with van der Waals surface area (Å²) < 4.78 is 0. The highest BCUT2D eigenvalue weighted by Gasteiger charge is 2.10. The second-order valence-electron chi connectivity index (χ2n) is 5.69. The topological polar surface area (TPSA) is 137 Å². The Kier molecular flexibility index (Phi) is 6.51. The lowest BCUT2D eigenvalue weighted by Gasteiger charge is -2.04. The summed E-state index contributed by atoms with van der Waals surface area (Å²) in [6.45, 7) is 0.316. The van der Waals surface area contributed by atoms with Gasteiger partial charge in [0.1, 0.15) is 5.82 Å². The van der Waals surface area contributed by atoms with E-state index >= 15 is 0 Å². The van der Waals surface area contributed by atoms with Crippen molar-refractivity contribution >= 4 is 47.3 Å². The molecule has 0 saturated carbocycles. The van der Waals surface area contributed by atoms with Crippen LogP contribution in [0.15, 0.2) is 42.5 Å². The number of fused-ring (bicyclic) bond motifs is 1. The number of amides is 2. The number of hydrogen-bond donors (Lipinski definition) is 5. The Balaban J connectivity index is 0.00000261. The number of imidazole rings is 1. The maximum Gasteiger partial charge on any atom is 0.251 e. The van der Waals surface area contributed by atoms with Crippen molar-refractivity contribution in [1.82, 2.24) is 15.3 Å². The number of H-pyrrole nitrogens is 1. The highest BCUT2D eigenvalue weighted by molar-refractivity contribution is 5.98. The molecule has 0 radical (unpaired) electrons. The van der Waals surface area contributed by atoms with Gasteiger partial charge in [-0.05, 0) is 30.3 Å². The van der Waals surface area contributed by atoms with Gasteiger partial charge in [-0.3, -0.25) is 15.0 Å². The maximum atomic E-state index is 12.2. The molecule has 0 saturated heterocycles. The molecule has 9 heteroatoms. The molecule has 1 aromatic heterocycles. The number of nitrogens with one attached hydrogen (secondary N) is 4. The minimum Gasteiger partial charge on any atom is -0.388 e. The van der Waals surface area contributed by atoms with E-state index in [2.05, 4.69) is 20.6 Å². The molecular weight excluding hydrogens is 368 g/mol. The molecule has 8 nitrogen and oxygen atoms in total. The summed E-state index contributed by atoms with van der Waals surface area (Å²) in [6, 6.07) is 12.5. The van der Waals surface area contributed by atoms with Crippen LogP contribution in [0.25, 0.3) is 22.4 Å². The van der Waals surface area contributed by atoms with E-state index in [9.17, 15) is 9.59 Å².